The van der Waals surface area contributed by atoms with Crippen LogP contribution in [0.15, 0.2) is 23.7 Å². The number of aromatic nitrogens is 3. The van der Waals surface area contributed by atoms with Gasteiger partial charge in [0.05, 0.1) is 33.9 Å². The summed E-state index contributed by atoms with van der Waals surface area (Å²) in [5.74, 6) is 0.763. The van der Waals surface area contributed by atoms with Gasteiger partial charge in [-0.1, -0.05) is 6.07 Å². The average molecular weight is 484 g/mol. The van der Waals surface area contributed by atoms with Gasteiger partial charge in [-0.25, -0.2) is 15.0 Å². The van der Waals surface area contributed by atoms with Crippen LogP contribution in [-0.4, -0.2) is 62.7 Å². The summed E-state index contributed by atoms with van der Waals surface area (Å²) in [5.41, 5.74) is 3.16. The van der Waals surface area contributed by atoms with Crippen LogP contribution in [0, 0.1) is 32.1 Å². The molecule has 9 nitrogen and oxygen atoms in total. The van der Waals surface area contributed by atoms with Crippen LogP contribution in [0.5, 0.6) is 0 Å². The minimum atomic E-state index is -0.491. The number of carbonyl (C=O) groups is 2. The predicted molar refractivity (Wildman–Crippen MR) is 129 cm³/mol. The summed E-state index contributed by atoms with van der Waals surface area (Å²) in [5, 5.41) is 15.9. The molecule has 4 rings (SSSR count). The minimum Gasteiger partial charge on any atom is -0.338 e. The maximum absolute atomic E-state index is 11.0. The van der Waals surface area contributed by atoms with Gasteiger partial charge >= 0.3 is 0 Å². The van der Waals surface area contributed by atoms with Crippen molar-refractivity contribution in [3.63, 3.8) is 0 Å². The number of thiazole rings is 2. The smallest absolute Gasteiger partial charge is 0.219 e. The first-order valence-corrected chi connectivity index (χ1v) is 12.0. The molecular weight excluding hydrogens is 458 g/mol. The van der Waals surface area contributed by atoms with E-state index >= 15 is 0 Å². The fourth-order valence-electron chi connectivity index (χ4n) is 3.18. The van der Waals surface area contributed by atoms with Crippen molar-refractivity contribution in [1.82, 2.24) is 24.8 Å². The monoisotopic (exact) mass is 483 g/mol. The molecule has 0 aromatic carbocycles. The zero-order chi connectivity index (χ0) is 24.0. The largest absolute Gasteiger partial charge is 0.338 e. The maximum Gasteiger partial charge on any atom is 0.219 e. The molecule has 1 saturated heterocycles. The third-order valence-corrected chi connectivity index (χ3v) is 6.79. The molecule has 1 fully saturated rings. The van der Waals surface area contributed by atoms with E-state index in [0.717, 1.165) is 37.8 Å². The van der Waals surface area contributed by atoms with Crippen molar-refractivity contribution in [1.29, 1.82) is 5.26 Å². The Bertz CT molecular complexity index is 1150. The lowest BCUT2D eigenvalue weighted by Crippen LogP contribution is -2.53. The molecule has 0 bridgehead atoms. The third kappa shape index (κ3) is 6.34. The molecule has 1 atom stereocenters. The molecule has 0 saturated carbocycles. The molecule has 33 heavy (non-hydrogen) atoms. The molecule has 0 radical (unpaired) electrons. The molecule has 1 aliphatic rings. The Balaban J connectivity index is 0.000000205. The van der Waals surface area contributed by atoms with E-state index < -0.39 is 6.04 Å². The number of anilines is 2. The van der Waals surface area contributed by atoms with Crippen molar-refractivity contribution in [3.8, 4) is 16.6 Å². The van der Waals surface area contributed by atoms with Gasteiger partial charge in [-0.3, -0.25) is 9.59 Å². The molecule has 1 aliphatic heterocycles. The normalized spacial score (nSPS) is 15.3. The van der Waals surface area contributed by atoms with Crippen LogP contribution in [0.2, 0.25) is 0 Å². The van der Waals surface area contributed by atoms with Crippen LogP contribution >= 0.6 is 22.7 Å². The van der Waals surface area contributed by atoms with E-state index in [4.69, 9.17) is 5.26 Å². The number of amides is 2. The zero-order valence-electron chi connectivity index (χ0n) is 18.9. The van der Waals surface area contributed by atoms with Crippen molar-refractivity contribution in [3.05, 3.63) is 40.0 Å². The molecule has 11 heteroatoms. The fraction of sp³-hybridized carbons (Fsp3) is 0.364. The lowest BCUT2D eigenvalue weighted by molar-refractivity contribution is -0.134. The molecule has 4 heterocycles. The Kier molecular flexibility index (Phi) is 8.08. The minimum absolute atomic E-state index is 0.0502. The molecule has 172 valence electrons. The SMILES string of the molecule is CC(=O)N1CCN(C=O)[C@H](C#N)C1.Cc1ccc(Nc2nc(-c3sc(C)nc3C)cs2)nc1. The van der Waals surface area contributed by atoms with Crippen molar-refractivity contribution < 1.29 is 9.59 Å². The number of nitrogens with zero attached hydrogens (tertiary/aromatic N) is 6. The van der Waals surface area contributed by atoms with Crippen molar-refractivity contribution in [2.45, 2.75) is 33.7 Å². The summed E-state index contributed by atoms with van der Waals surface area (Å²) in [6.45, 7) is 8.81. The highest BCUT2D eigenvalue weighted by Gasteiger charge is 2.26. The van der Waals surface area contributed by atoms with Crippen LogP contribution in [0.4, 0.5) is 10.9 Å². The number of hydrogen-bond donors (Lipinski definition) is 1. The Morgan fingerprint density at radius 1 is 1.27 bits per heavy atom. The molecule has 0 spiro atoms. The number of nitriles is 1. The average Bonchev–Trinajstić information content (AvgIpc) is 3.40. The Morgan fingerprint density at radius 3 is 2.64 bits per heavy atom. The number of piperazine rings is 1. The maximum atomic E-state index is 11.0. The highest BCUT2D eigenvalue weighted by molar-refractivity contribution is 7.16. The summed E-state index contributed by atoms with van der Waals surface area (Å²) in [7, 11) is 0. The molecule has 0 unspecified atom stereocenters. The Hall–Kier alpha value is -3.36. The number of nitrogens with one attached hydrogen (secondary N) is 1. The summed E-state index contributed by atoms with van der Waals surface area (Å²) in [6, 6.07) is 5.49. The molecule has 3 aromatic heterocycles. The van der Waals surface area contributed by atoms with E-state index in [-0.39, 0.29) is 5.91 Å². The van der Waals surface area contributed by atoms with Crippen molar-refractivity contribution >= 4 is 45.9 Å². The standard InChI is InChI=1S/C14H14N4S2.C8H11N3O2/c1-8-4-5-12(15-6-8)18-14-17-11(7-19-14)13-9(2)16-10(3)20-13;1-7(13)10-2-3-11(6-12)8(4-9)5-10/h4-7H,1-3H3,(H,15,17,18);6,8H,2-3,5H2,1H3/t;8-/m.1/s1. The quantitative estimate of drug-likeness (QED) is 0.565. The second kappa shape index (κ2) is 11.0. The number of pyridine rings is 1. The number of carbonyl (C=O) groups excluding carboxylic acids is 2. The number of hydrogen-bond acceptors (Lipinski definition) is 9. The molecule has 2 amide bonds. The first-order valence-electron chi connectivity index (χ1n) is 10.3. The topological polar surface area (TPSA) is 115 Å². The first kappa shape index (κ1) is 24.3. The molecular formula is C22H25N7O2S2. The van der Waals surface area contributed by atoms with Crippen LogP contribution < -0.4 is 5.32 Å². The molecule has 1 N–H and O–H groups in total. The third-order valence-electron chi connectivity index (χ3n) is 4.94. The van der Waals surface area contributed by atoms with E-state index in [1.54, 1.807) is 27.6 Å². The molecule has 0 aliphatic carbocycles. The number of rotatable bonds is 4. The van der Waals surface area contributed by atoms with Gasteiger partial charge in [0, 0.05) is 31.6 Å². The van der Waals surface area contributed by atoms with Gasteiger partial charge in [-0.2, -0.15) is 5.26 Å². The van der Waals surface area contributed by atoms with Crippen LogP contribution in [0.1, 0.15) is 23.2 Å². The van der Waals surface area contributed by atoms with Gasteiger partial charge in [0.2, 0.25) is 12.3 Å². The Labute approximate surface area is 200 Å². The van der Waals surface area contributed by atoms with Crippen molar-refractivity contribution in [2.24, 2.45) is 0 Å². The Morgan fingerprint density at radius 2 is 2.06 bits per heavy atom. The van der Waals surface area contributed by atoms with Gasteiger partial charge in [-0.05, 0) is 32.4 Å². The van der Waals surface area contributed by atoms with Crippen molar-refractivity contribution in [2.75, 3.05) is 25.0 Å². The summed E-state index contributed by atoms with van der Waals surface area (Å²) in [4.78, 5) is 39.0. The fourth-order valence-corrected chi connectivity index (χ4v) is 4.84. The van der Waals surface area contributed by atoms with E-state index in [9.17, 15) is 9.59 Å². The highest BCUT2D eigenvalue weighted by atomic mass is 32.1. The first-order chi connectivity index (χ1) is 15.8. The van der Waals surface area contributed by atoms with Crippen LogP contribution in [0.25, 0.3) is 10.6 Å². The zero-order valence-corrected chi connectivity index (χ0v) is 20.5. The summed E-state index contributed by atoms with van der Waals surface area (Å²) < 4.78 is 0. The lowest BCUT2D eigenvalue weighted by atomic mass is 10.2. The highest BCUT2D eigenvalue weighted by Crippen LogP contribution is 2.32. The van der Waals surface area contributed by atoms with Crippen LogP contribution in [-0.2, 0) is 9.59 Å². The summed E-state index contributed by atoms with van der Waals surface area (Å²) in [6.07, 6.45) is 2.50. The van der Waals surface area contributed by atoms with Crippen LogP contribution in [0.3, 0.4) is 0 Å². The summed E-state index contributed by atoms with van der Waals surface area (Å²) >= 11 is 3.26. The van der Waals surface area contributed by atoms with Gasteiger partial charge in [0.25, 0.3) is 0 Å². The van der Waals surface area contributed by atoms with Gasteiger partial charge in [-0.15, -0.1) is 22.7 Å². The van der Waals surface area contributed by atoms with Gasteiger partial charge in [0.15, 0.2) is 5.13 Å². The lowest BCUT2D eigenvalue weighted by Gasteiger charge is -2.35. The number of aryl methyl sites for hydroxylation is 3. The van der Waals surface area contributed by atoms with Gasteiger partial charge < -0.3 is 15.1 Å². The second-order valence-corrected chi connectivity index (χ2v) is 9.55. The molecule has 3 aromatic rings. The van der Waals surface area contributed by atoms with Gasteiger partial charge in [0.1, 0.15) is 11.9 Å². The van der Waals surface area contributed by atoms with E-state index in [1.165, 1.54) is 11.8 Å². The predicted octanol–water partition coefficient (Wildman–Crippen LogP) is 3.53. The van der Waals surface area contributed by atoms with E-state index in [0.29, 0.717) is 26.0 Å². The van der Waals surface area contributed by atoms with E-state index in [1.807, 2.05) is 45.2 Å². The van der Waals surface area contributed by atoms with E-state index in [2.05, 4.69) is 25.6 Å². The second-order valence-electron chi connectivity index (χ2n) is 7.48.